The summed E-state index contributed by atoms with van der Waals surface area (Å²) in [4.78, 5) is 4.83. The van der Waals surface area contributed by atoms with Gasteiger partial charge in [0.1, 0.15) is 23.3 Å². The Labute approximate surface area is 211 Å². The zero-order chi connectivity index (χ0) is 24.9. The minimum atomic E-state index is -0.166. The summed E-state index contributed by atoms with van der Waals surface area (Å²) in [6, 6.07) is 14.0. The van der Waals surface area contributed by atoms with Gasteiger partial charge in [0.15, 0.2) is 5.82 Å². The third-order valence-corrected chi connectivity index (χ3v) is 7.06. The van der Waals surface area contributed by atoms with E-state index in [1.54, 1.807) is 21.3 Å². The van der Waals surface area contributed by atoms with Gasteiger partial charge in [-0.3, -0.25) is 4.90 Å². The summed E-state index contributed by atoms with van der Waals surface area (Å²) in [5, 5.41) is 12.9. The van der Waals surface area contributed by atoms with Crippen molar-refractivity contribution in [1.82, 2.24) is 25.1 Å². The predicted molar refractivity (Wildman–Crippen MR) is 135 cm³/mol. The van der Waals surface area contributed by atoms with Crippen molar-refractivity contribution in [2.24, 2.45) is 0 Å². The predicted octanol–water partition coefficient (Wildman–Crippen LogP) is 2.79. The fourth-order valence-corrected chi connectivity index (χ4v) is 5.09. The van der Waals surface area contributed by atoms with E-state index >= 15 is 0 Å². The molecule has 1 aromatic heterocycles. The molecule has 0 amide bonds. The molecule has 2 saturated heterocycles. The lowest BCUT2D eigenvalue weighted by Gasteiger charge is -2.40. The van der Waals surface area contributed by atoms with Crippen molar-refractivity contribution in [2.45, 2.75) is 31.5 Å². The third-order valence-electron chi connectivity index (χ3n) is 7.06. The molecule has 2 aromatic carbocycles. The smallest absolute Gasteiger partial charge is 0.173 e. The van der Waals surface area contributed by atoms with E-state index in [9.17, 15) is 0 Å². The summed E-state index contributed by atoms with van der Waals surface area (Å²) < 4.78 is 24.4. The minimum absolute atomic E-state index is 0.137. The number of hydrogen-bond donors (Lipinski definition) is 0. The molecule has 0 spiro atoms. The number of piperazine rings is 1. The maximum Gasteiger partial charge on any atom is 0.173 e. The molecule has 2 aliphatic heterocycles. The Morgan fingerprint density at radius 2 is 1.69 bits per heavy atom. The second kappa shape index (κ2) is 11.1. The highest BCUT2D eigenvalue weighted by atomic mass is 16.5. The number of rotatable bonds is 9. The molecule has 5 rings (SSSR count). The van der Waals surface area contributed by atoms with Crippen LogP contribution in [0.4, 0.5) is 5.69 Å². The highest BCUT2D eigenvalue weighted by Gasteiger charge is 2.33. The van der Waals surface area contributed by atoms with Gasteiger partial charge in [0.25, 0.3) is 0 Å². The van der Waals surface area contributed by atoms with Gasteiger partial charge in [-0.25, -0.2) is 4.68 Å². The van der Waals surface area contributed by atoms with Gasteiger partial charge in [0.2, 0.25) is 0 Å². The van der Waals surface area contributed by atoms with Crippen LogP contribution in [0.15, 0.2) is 42.5 Å². The summed E-state index contributed by atoms with van der Waals surface area (Å²) in [5.41, 5.74) is 2.21. The molecule has 10 heteroatoms. The van der Waals surface area contributed by atoms with Crippen molar-refractivity contribution in [3.05, 3.63) is 53.9 Å². The maximum atomic E-state index is 5.88. The van der Waals surface area contributed by atoms with Gasteiger partial charge < -0.3 is 23.8 Å². The molecule has 3 heterocycles. The lowest BCUT2D eigenvalue weighted by Crippen LogP contribution is -2.48. The summed E-state index contributed by atoms with van der Waals surface area (Å²) in [5.74, 6) is 3.16. The van der Waals surface area contributed by atoms with Gasteiger partial charge in [0.05, 0.1) is 34.0 Å². The van der Waals surface area contributed by atoms with Crippen LogP contribution in [0.2, 0.25) is 0 Å². The molecule has 36 heavy (non-hydrogen) atoms. The van der Waals surface area contributed by atoms with Crippen LogP contribution in [-0.4, -0.2) is 85.3 Å². The van der Waals surface area contributed by atoms with E-state index in [1.807, 2.05) is 28.9 Å². The Balaban J connectivity index is 1.43. The van der Waals surface area contributed by atoms with Crippen LogP contribution in [-0.2, 0) is 11.3 Å². The Morgan fingerprint density at radius 3 is 2.36 bits per heavy atom. The second-order valence-corrected chi connectivity index (χ2v) is 9.09. The molecule has 0 radical (unpaired) electrons. The molecule has 0 aliphatic carbocycles. The monoisotopic (exact) mass is 494 g/mol. The zero-order valence-electron chi connectivity index (χ0n) is 21.2. The van der Waals surface area contributed by atoms with E-state index < -0.39 is 0 Å². The van der Waals surface area contributed by atoms with E-state index in [1.165, 1.54) is 5.69 Å². The third kappa shape index (κ3) is 5.10. The van der Waals surface area contributed by atoms with Crippen molar-refractivity contribution in [3.8, 4) is 17.2 Å². The van der Waals surface area contributed by atoms with Crippen molar-refractivity contribution in [2.75, 3.05) is 59.0 Å². The van der Waals surface area contributed by atoms with Gasteiger partial charge >= 0.3 is 0 Å². The molecular formula is C26H34N6O4. The number of aromatic nitrogens is 4. The number of benzene rings is 2. The zero-order valence-corrected chi connectivity index (χ0v) is 21.2. The van der Waals surface area contributed by atoms with Crippen LogP contribution < -0.4 is 19.1 Å². The van der Waals surface area contributed by atoms with Crippen molar-refractivity contribution in [3.63, 3.8) is 0 Å². The SMILES string of the molecule is COc1ccc(N2CCN([C@@H](c3ccc(OC)cc3OC)c3nnnn3C[C@H]3CCCO3)CC2)cc1. The topological polar surface area (TPSA) is 87.0 Å². The molecule has 192 valence electrons. The van der Waals surface area contributed by atoms with Crippen LogP contribution in [0, 0.1) is 0 Å². The van der Waals surface area contributed by atoms with E-state index in [4.69, 9.17) is 18.9 Å². The Bertz CT molecular complexity index is 1120. The Hall–Kier alpha value is -3.37. The quantitative estimate of drug-likeness (QED) is 0.446. The molecule has 0 unspecified atom stereocenters. The first kappa shape index (κ1) is 24.3. The Morgan fingerprint density at radius 1 is 0.944 bits per heavy atom. The largest absolute Gasteiger partial charge is 0.497 e. The average Bonchev–Trinajstić information content (AvgIpc) is 3.62. The van der Waals surface area contributed by atoms with Crippen molar-refractivity contribution < 1.29 is 18.9 Å². The minimum Gasteiger partial charge on any atom is -0.497 e. The lowest BCUT2D eigenvalue weighted by molar-refractivity contribution is 0.0906. The molecule has 0 bridgehead atoms. The van der Waals surface area contributed by atoms with E-state index in [-0.39, 0.29) is 12.1 Å². The van der Waals surface area contributed by atoms with Crippen molar-refractivity contribution in [1.29, 1.82) is 0 Å². The second-order valence-electron chi connectivity index (χ2n) is 9.09. The normalized spacial score (nSPS) is 19.3. The Kier molecular flexibility index (Phi) is 7.52. The van der Waals surface area contributed by atoms with Crippen LogP contribution in [0.3, 0.4) is 0 Å². The van der Waals surface area contributed by atoms with E-state index in [0.29, 0.717) is 6.54 Å². The molecule has 3 aromatic rings. The summed E-state index contributed by atoms with van der Waals surface area (Å²) >= 11 is 0. The molecule has 2 fully saturated rings. The maximum absolute atomic E-state index is 5.88. The standard InChI is InChI=1S/C26H34N6O4/c1-33-20-8-6-19(7-9-20)30-12-14-31(15-13-30)25(23-11-10-21(34-2)17-24(23)35-3)26-27-28-29-32(26)18-22-5-4-16-36-22/h6-11,17,22,25H,4-5,12-16,18H2,1-3H3/t22-,25+/m1/s1. The van der Waals surface area contributed by atoms with Gasteiger partial charge in [-0.05, 0) is 59.7 Å². The highest BCUT2D eigenvalue weighted by Crippen LogP contribution is 2.37. The molecule has 2 aliphatic rings. The highest BCUT2D eigenvalue weighted by molar-refractivity contribution is 5.50. The molecule has 0 N–H and O–H groups in total. The number of hydrogen-bond acceptors (Lipinski definition) is 9. The fourth-order valence-electron chi connectivity index (χ4n) is 5.09. The van der Waals surface area contributed by atoms with E-state index in [0.717, 1.165) is 74.3 Å². The first-order chi connectivity index (χ1) is 17.7. The number of anilines is 1. The number of methoxy groups -OCH3 is 3. The molecule has 2 atom stereocenters. The van der Waals surface area contributed by atoms with Crippen molar-refractivity contribution >= 4 is 5.69 Å². The van der Waals surface area contributed by atoms with Gasteiger partial charge in [-0.1, -0.05) is 0 Å². The lowest BCUT2D eigenvalue weighted by atomic mass is 10.0. The molecule has 0 saturated carbocycles. The summed E-state index contributed by atoms with van der Waals surface area (Å²) in [6.45, 7) is 4.90. The van der Waals surface area contributed by atoms with E-state index in [2.05, 4.69) is 43.5 Å². The number of ether oxygens (including phenoxy) is 4. The molecular weight excluding hydrogens is 460 g/mol. The first-order valence-electron chi connectivity index (χ1n) is 12.4. The van der Waals surface area contributed by atoms with Crippen LogP contribution in [0.25, 0.3) is 0 Å². The fraction of sp³-hybridized carbons (Fsp3) is 0.500. The van der Waals surface area contributed by atoms with Crippen LogP contribution in [0.5, 0.6) is 17.2 Å². The van der Waals surface area contributed by atoms with Gasteiger partial charge in [-0.2, -0.15) is 0 Å². The van der Waals surface area contributed by atoms with Crippen LogP contribution >= 0.6 is 0 Å². The van der Waals surface area contributed by atoms with Crippen LogP contribution in [0.1, 0.15) is 30.3 Å². The molecule has 10 nitrogen and oxygen atoms in total. The summed E-state index contributed by atoms with van der Waals surface area (Å²) in [6.07, 6.45) is 2.24. The number of tetrazole rings is 1. The summed E-state index contributed by atoms with van der Waals surface area (Å²) in [7, 11) is 5.03. The average molecular weight is 495 g/mol. The number of nitrogens with zero attached hydrogens (tertiary/aromatic N) is 6. The van der Waals surface area contributed by atoms with Gasteiger partial charge in [-0.15, -0.1) is 5.10 Å². The first-order valence-corrected chi connectivity index (χ1v) is 12.4. The van der Waals surface area contributed by atoms with Gasteiger partial charge in [0, 0.05) is 50.1 Å².